The molecule has 0 saturated heterocycles. The molecular formula is C14H19N5O2. The molecule has 1 aromatic carbocycles. The molecule has 21 heavy (non-hydrogen) atoms. The van der Waals surface area contributed by atoms with Crippen LogP contribution in [0.1, 0.15) is 32.4 Å². The first-order valence-electron chi connectivity index (χ1n) is 6.63. The van der Waals surface area contributed by atoms with Gasteiger partial charge in [-0.1, -0.05) is 12.1 Å². The lowest BCUT2D eigenvalue weighted by atomic mass is 10.0. The van der Waals surface area contributed by atoms with Gasteiger partial charge in [0.05, 0.1) is 12.8 Å². The predicted octanol–water partition coefficient (Wildman–Crippen LogP) is 1.26. The summed E-state index contributed by atoms with van der Waals surface area (Å²) in [7, 11) is 1.38. The lowest BCUT2D eigenvalue weighted by Gasteiger charge is -2.28. The molecule has 1 atom stereocenters. The van der Waals surface area contributed by atoms with Crippen LogP contribution in [-0.4, -0.2) is 38.8 Å². The summed E-state index contributed by atoms with van der Waals surface area (Å²) in [6, 6.07) is 7.77. The molecule has 2 aromatic rings. The number of nitrogens with one attached hydrogen (secondary N) is 1. The zero-order valence-corrected chi connectivity index (χ0v) is 12.6. The maximum Gasteiger partial charge on any atom is 0.325 e. The lowest BCUT2D eigenvalue weighted by Crippen LogP contribution is -2.48. The molecule has 0 fully saturated rings. The third-order valence-electron chi connectivity index (χ3n) is 3.26. The Bertz CT molecular complexity index is 610. The molecule has 1 unspecified atom stereocenters. The predicted molar refractivity (Wildman–Crippen MR) is 76.8 cm³/mol. The number of aromatic nitrogens is 4. The number of esters is 1. The van der Waals surface area contributed by atoms with Gasteiger partial charge in [-0.2, -0.15) is 0 Å². The third kappa shape index (κ3) is 3.43. The minimum absolute atomic E-state index is 0.0319. The van der Waals surface area contributed by atoms with Crippen molar-refractivity contribution in [2.24, 2.45) is 0 Å². The van der Waals surface area contributed by atoms with Crippen molar-refractivity contribution in [3.63, 3.8) is 0 Å². The Morgan fingerprint density at radius 2 is 2.19 bits per heavy atom. The van der Waals surface area contributed by atoms with E-state index in [1.54, 1.807) is 18.5 Å². The van der Waals surface area contributed by atoms with E-state index in [4.69, 9.17) is 4.74 Å². The highest BCUT2D eigenvalue weighted by Crippen LogP contribution is 2.19. The quantitative estimate of drug-likeness (QED) is 0.835. The molecule has 0 aliphatic rings. The van der Waals surface area contributed by atoms with E-state index in [0.29, 0.717) is 0 Å². The third-order valence-corrected chi connectivity index (χ3v) is 3.26. The highest BCUT2D eigenvalue weighted by Gasteiger charge is 2.30. The fourth-order valence-electron chi connectivity index (χ4n) is 2.15. The summed E-state index contributed by atoms with van der Waals surface area (Å²) in [6.45, 7) is 5.57. The number of carbonyl (C=O) groups excluding carboxylic acids is 1. The first kappa shape index (κ1) is 15.1. The monoisotopic (exact) mass is 289 g/mol. The number of rotatable bonds is 5. The van der Waals surface area contributed by atoms with Crippen LogP contribution in [0, 0.1) is 0 Å². The van der Waals surface area contributed by atoms with Crippen molar-refractivity contribution in [1.29, 1.82) is 0 Å². The molecule has 0 aliphatic heterocycles. The second-order valence-electron chi connectivity index (χ2n) is 5.33. The molecule has 1 N–H and O–H groups in total. The van der Waals surface area contributed by atoms with Gasteiger partial charge in [0.2, 0.25) is 0 Å². The van der Waals surface area contributed by atoms with Crippen LogP contribution in [-0.2, 0) is 9.53 Å². The molecule has 1 aromatic heterocycles. The Kier molecular flexibility index (Phi) is 4.32. The first-order chi connectivity index (χ1) is 9.94. The number of ether oxygens (including phenoxy) is 1. The number of carbonyl (C=O) groups is 1. The van der Waals surface area contributed by atoms with E-state index < -0.39 is 5.54 Å². The van der Waals surface area contributed by atoms with Crippen LogP contribution in [0.5, 0.6) is 0 Å². The van der Waals surface area contributed by atoms with Crippen LogP contribution < -0.4 is 5.32 Å². The van der Waals surface area contributed by atoms with Gasteiger partial charge in [0, 0.05) is 6.04 Å². The standard InChI is InChI=1S/C14H19N5O2/c1-10(16-14(2,3)13(20)21-4)11-6-5-7-12(8-11)19-9-15-17-18-19/h5-10,16H,1-4H3. The summed E-state index contributed by atoms with van der Waals surface area (Å²) in [5.41, 5.74) is 1.13. The molecule has 112 valence electrons. The SMILES string of the molecule is COC(=O)C(C)(C)NC(C)c1cccc(-n2cnnn2)c1. The van der Waals surface area contributed by atoms with Crippen molar-refractivity contribution < 1.29 is 9.53 Å². The molecule has 7 heteroatoms. The zero-order chi connectivity index (χ0) is 15.5. The zero-order valence-electron chi connectivity index (χ0n) is 12.6. The van der Waals surface area contributed by atoms with Crippen molar-refractivity contribution in [2.75, 3.05) is 7.11 Å². The number of nitrogens with zero attached hydrogens (tertiary/aromatic N) is 4. The molecule has 0 aliphatic carbocycles. The van der Waals surface area contributed by atoms with E-state index >= 15 is 0 Å². The number of benzene rings is 1. The van der Waals surface area contributed by atoms with Crippen molar-refractivity contribution in [3.8, 4) is 5.69 Å². The second-order valence-corrected chi connectivity index (χ2v) is 5.33. The first-order valence-corrected chi connectivity index (χ1v) is 6.63. The molecule has 7 nitrogen and oxygen atoms in total. The van der Waals surface area contributed by atoms with Crippen LogP contribution in [0.4, 0.5) is 0 Å². The summed E-state index contributed by atoms with van der Waals surface area (Å²) in [5, 5.41) is 14.4. The van der Waals surface area contributed by atoms with Crippen molar-refractivity contribution in [3.05, 3.63) is 36.2 Å². The van der Waals surface area contributed by atoms with Gasteiger partial charge in [-0.05, 0) is 48.9 Å². The molecule has 0 saturated carbocycles. The Morgan fingerprint density at radius 3 is 2.81 bits per heavy atom. The maximum absolute atomic E-state index is 11.7. The lowest BCUT2D eigenvalue weighted by molar-refractivity contribution is -0.147. The normalized spacial score (nSPS) is 13.0. The number of hydrogen-bond acceptors (Lipinski definition) is 6. The molecular weight excluding hydrogens is 270 g/mol. The van der Waals surface area contributed by atoms with Crippen molar-refractivity contribution in [2.45, 2.75) is 32.4 Å². The summed E-state index contributed by atoms with van der Waals surface area (Å²) in [5.74, 6) is -0.300. The van der Waals surface area contributed by atoms with Gasteiger partial charge in [0.15, 0.2) is 0 Å². The van der Waals surface area contributed by atoms with Gasteiger partial charge in [-0.3, -0.25) is 10.1 Å². The average Bonchev–Trinajstić information content (AvgIpc) is 3.00. The molecule has 2 rings (SSSR count). The van der Waals surface area contributed by atoms with E-state index in [1.807, 2.05) is 31.2 Å². The smallest absolute Gasteiger partial charge is 0.325 e. The molecule has 0 amide bonds. The van der Waals surface area contributed by atoms with E-state index in [1.165, 1.54) is 13.4 Å². The summed E-state index contributed by atoms with van der Waals surface area (Å²) in [4.78, 5) is 11.7. The highest BCUT2D eigenvalue weighted by molar-refractivity contribution is 5.79. The van der Waals surface area contributed by atoms with Crippen LogP contribution in [0.3, 0.4) is 0 Å². The van der Waals surface area contributed by atoms with Crippen LogP contribution in [0.2, 0.25) is 0 Å². The van der Waals surface area contributed by atoms with Crippen LogP contribution in [0.15, 0.2) is 30.6 Å². The highest BCUT2D eigenvalue weighted by atomic mass is 16.5. The number of hydrogen-bond donors (Lipinski definition) is 1. The largest absolute Gasteiger partial charge is 0.468 e. The van der Waals surface area contributed by atoms with E-state index in [2.05, 4.69) is 20.8 Å². The fraction of sp³-hybridized carbons (Fsp3) is 0.429. The fourth-order valence-corrected chi connectivity index (χ4v) is 2.15. The number of tetrazole rings is 1. The van der Waals surface area contributed by atoms with Gasteiger partial charge in [-0.25, -0.2) is 4.68 Å². The van der Waals surface area contributed by atoms with Crippen molar-refractivity contribution >= 4 is 5.97 Å². The van der Waals surface area contributed by atoms with E-state index in [0.717, 1.165) is 11.3 Å². The minimum atomic E-state index is -0.765. The topological polar surface area (TPSA) is 81.9 Å². The molecule has 0 bridgehead atoms. The molecule has 0 spiro atoms. The Balaban J connectivity index is 2.18. The van der Waals surface area contributed by atoms with Gasteiger partial charge in [0.25, 0.3) is 0 Å². The van der Waals surface area contributed by atoms with Gasteiger partial charge in [-0.15, -0.1) is 5.10 Å². The Labute approximate surface area is 123 Å². The minimum Gasteiger partial charge on any atom is -0.468 e. The van der Waals surface area contributed by atoms with E-state index in [-0.39, 0.29) is 12.0 Å². The molecule has 0 radical (unpaired) electrons. The summed E-state index contributed by atoms with van der Waals surface area (Å²) < 4.78 is 6.39. The van der Waals surface area contributed by atoms with E-state index in [9.17, 15) is 4.79 Å². The summed E-state index contributed by atoms with van der Waals surface area (Å²) >= 11 is 0. The van der Waals surface area contributed by atoms with Crippen LogP contribution in [0.25, 0.3) is 5.69 Å². The van der Waals surface area contributed by atoms with Crippen molar-refractivity contribution in [1.82, 2.24) is 25.5 Å². The Hall–Kier alpha value is -2.28. The number of methoxy groups -OCH3 is 1. The second kappa shape index (κ2) is 6.01. The van der Waals surface area contributed by atoms with Gasteiger partial charge in [0.1, 0.15) is 11.9 Å². The average molecular weight is 289 g/mol. The van der Waals surface area contributed by atoms with Gasteiger partial charge < -0.3 is 4.74 Å². The molecule has 1 heterocycles. The maximum atomic E-state index is 11.7. The van der Waals surface area contributed by atoms with Gasteiger partial charge >= 0.3 is 5.97 Å². The summed E-state index contributed by atoms with van der Waals surface area (Å²) in [6.07, 6.45) is 1.54. The van der Waals surface area contributed by atoms with Crippen LogP contribution >= 0.6 is 0 Å². The Morgan fingerprint density at radius 1 is 1.43 bits per heavy atom.